The summed E-state index contributed by atoms with van der Waals surface area (Å²) in [6, 6.07) is 0. The van der Waals surface area contributed by atoms with Gasteiger partial charge in [-0.25, -0.2) is 9.97 Å². The summed E-state index contributed by atoms with van der Waals surface area (Å²) >= 11 is 2.40. The van der Waals surface area contributed by atoms with Crippen LogP contribution in [0.4, 0.5) is 0 Å². The second-order valence-corrected chi connectivity index (χ2v) is 4.35. The van der Waals surface area contributed by atoms with Crippen LogP contribution in [-0.2, 0) is 13.0 Å². The van der Waals surface area contributed by atoms with Gasteiger partial charge in [0.1, 0.15) is 12.0 Å². The summed E-state index contributed by atoms with van der Waals surface area (Å²) < 4.78 is 3.66. The molecule has 0 saturated carbocycles. The Hall–Kier alpha value is -0.650. The van der Waals surface area contributed by atoms with Crippen LogP contribution < -0.4 is 0 Å². The molecular weight excluding hydrogens is 277 g/mol. The summed E-state index contributed by atoms with van der Waals surface area (Å²) in [4.78, 5) is 8.38. The zero-order valence-electron chi connectivity index (χ0n) is 7.00. The zero-order valence-corrected chi connectivity index (χ0v) is 9.15. The number of fused-ring (bicyclic) bond motifs is 3. The summed E-state index contributed by atoms with van der Waals surface area (Å²) in [5.74, 6) is 0. The van der Waals surface area contributed by atoms with Gasteiger partial charge >= 0.3 is 0 Å². The lowest BCUT2D eigenvalue weighted by atomic mass is 10.3. The third-order valence-corrected chi connectivity index (χ3v) is 3.76. The van der Waals surface area contributed by atoms with Crippen LogP contribution in [0.25, 0.3) is 11.0 Å². The Balaban J connectivity index is 2.49. The monoisotopic (exact) mass is 285 g/mol. The van der Waals surface area contributed by atoms with Gasteiger partial charge in [-0.1, -0.05) is 0 Å². The molecule has 3 heterocycles. The largest absolute Gasteiger partial charge is 0.328 e. The van der Waals surface area contributed by atoms with E-state index < -0.39 is 0 Å². The van der Waals surface area contributed by atoms with E-state index in [0.717, 1.165) is 12.2 Å². The normalized spacial score (nSPS) is 15.2. The Morgan fingerprint density at radius 2 is 2.38 bits per heavy atom. The highest BCUT2D eigenvalue weighted by Crippen LogP contribution is 2.30. The molecule has 0 amide bonds. The van der Waals surface area contributed by atoms with Crippen molar-refractivity contribution >= 4 is 33.6 Å². The van der Waals surface area contributed by atoms with E-state index in [2.05, 4.69) is 37.1 Å². The summed E-state index contributed by atoms with van der Waals surface area (Å²) in [7, 11) is 0. The number of hydrogen-bond acceptors (Lipinski definition) is 2. The lowest BCUT2D eigenvalue weighted by Gasteiger charge is -1.96. The summed E-state index contributed by atoms with van der Waals surface area (Å²) in [5, 5.41) is 1.21. The van der Waals surface area contributed by atoms with E-state index >= 15 is 0 Å². The van der Waals surface area contributed by atoms with E-state index in [9.17, 15) is 0 Å². The van der Waals surface area contributed by atoms with Crippen LogP contribution in [0.3, 0.4) is 0 Å². The third-order valence-electron chi connectivity index (χ3n) is 2.56. The van der Waals surface area contributed by atoms with Gasteiger partial charge in [-0.3, -0.25) is 0 Å². The molecule has 0 bridgehead atoms. The van der Waals surface area contributed by atoms with Crippen molar-refractivity contribution in [1.29, 1.82) is 0 Å². The fourth-order valence-corrected chi connectivity index (χ4v) is 2.93. The van der Waals surface area contributed by atoms with Crippen LogP contribution in [0, 0.1) is 3.57 Å². The fourth-order valence-electron chi connectivity index (χ4n) is 1.99. The molecule has 0 atom stereocenters. The number of nitrogens with zero attached hydrogens (tertiary/aromatic N) is 3. The Labute approximate surface area is 89.3 Å². The van der Waals surface area contributed by atoms with Crippen LogP contribution >= 0.6 is 22.6 Å². The molecule has 0 aliphatic carbocycles. The molecule has 0 radical (unpaired) electrons. The molecule has 1 aliphatic rings. The Kier molecular flexibility index (Phi) is 1.59. The van der Waals surface area contributed by atoms with Gasteiger partial charge in [0.15, 0.2) is 0 Å². The fraction of sp³-hybridized carbons (Fsp3) is 0.333. The molecule has 66 valence electrons. The van der Waals surface area contributed by atoms with E-state index in [1.165, 1.54) is 27.5 Å². The molecule has 3 rings (SSSR count). The number of rotatable bonds is 0. The lowest BCUT2D eigenvalue weighted by Crippen LogP contribution is -1.93. The van der Waals surface area contributed by atoms with Crippen LogP contribution in [0.2, 0.25) is 0 Å². The number of halogens is 1. The first kappa shape index (κ1) is 7.73. The van der Waals surface area contributed by atoms with Crippen molar-refractivity contribution in [3.63, 3.8) is 0 Å². The lowest BCUT2D eigenvalue weighted by molar-refractivity contribution is 0.764. The molecule has 0 aromatic carbocycles. The minimum absolute atomic E-state index is 1.10. The zero-order chi connectivity index (χ0) is 8.84. The average Bonchev–Trinajstić information content (AvgIpc) is 2.72. The molecule has 0 unspecified atom stereocenters. The van der Waals surface area contributed by atoms with Gasteiger partial charge in [-0.05, 0) is 35.4 Å². The molecule has 2 aromatic heterocycles. The van der Waals surface area contributed by atoms with Gasteiger partial charge in [0.05, 0.1) is 5.39 Å². The van der Waals surface area contributed by atoms with Gasteiger partial charge in [0, 0.05) is 22.0 Å². The summed E-state index contributed by atoms with van der Waals surface area (Å²) in [6.07, 6.45) is 5.99. The SMILES string of the molecule is Ic1c2n(c3ncncc13)CCC2. The molecule has 0 saturated heterocycles. The maximum atomic E-state index is 4.32. The summed E-state index contributed by atoms with van der Waals surface area (Å²) in [5.41, 5.74) is 2.54. The first-order chi connectivity index (χ1) is 6.38. The van der Waals surface area contributed by atoms with E-state index in [-0.39, 0.29) is 0 Å². The maximum absolute atomic E-state index is 4.32. The highest BCUT2D eigenvalue weighted by molar-refractivity contribution is 14.1. The first-order valence-electron chi connectivity index (χ1n) is 4.34. The van der Waals surface area contributed by atoms with E-state index in [4.69, 9.17) is 0 Å². The van der Waals surface area contributed by atoms with Crippen LogP contribution in [0.5, 0.6) is 0 Å². The highest BCUT2D eigenvalue weighted by Gasteiger charge is 2.19. The molecule has 0 N–H and O–H groups in total. The molecule has 4 heteroatoms. The van der Waals surface area contributed by atoms with Crippen molar-refractivity contribution in [2.45, 2.75) is 19.4 Å². The van der Waals surface area contributed by atoms with E-state index in [0.29, 0.717) is 0 Å². The van der Waals surface area contributed by atoms with Crippen molar-refractivity contribution in [3.05, 3.63) is 21.8 Å². The van der Waals surface area contributed by atoms with Gasteiger partial charge in [0.2, 0.25) is 0 Å². The minimum atomic E-state index is 1.10. The quantitative estimate of drug-likeness (QED) is 0.693. The van der Waals surface area contributed by atoms with Crippen LogP contribution in [0.15, 0.2) is 12.5 Å². The Bertz CT molecular complexity index is 475. The van der Waals surface area contributed by atoms with Crippen molar-refractivity contribution < 1.29 is 0 Å². The van der Waals surface area contributed by atoms with Gasteiger partial charge < -0.3 is 4.57 Å². The van der Waals surface area contributed by atoms with Gasteiger partial charge in [-0.15, -0.1) is 0 Å². The Morgan fingerprint density at radius 1 is 1.46 bits per heavy atom. The topological polar surface area (TPSA) is 30.7 Å². The number of aryl methyl sites for hydroxylation is 1. The Morgan fingerprint density at radius 3 is 3.31 bits per heavy atom. The van der Waals surface area contributed by atoms with Crippen LogP contribution in [0.1, 0.15) is 12.1 Å². The minimum Gasteiger partial charge on any atom is -0.328 e. The molecule has 1 aliphatic heterocycles. The number of hydrogen-bond donors (Lipinski definition) is 0. The maximum Gasteiger partial charge on any atom is 0.144 e. The molecule has 13 heavy (non-hydrogen) atoms. The molecule has 0 spiro atoms. The smallest absolute Gasteiger partial charge is 0.144 e. The van der Waals surface area contributed by atoms with E-state index in [1.54, 1.807) is 6.33 Å². The van der Waals surface area contributed by atoms with Crippen LogP contribution in [-0.4, -0.2) is 14.5 Å². The predicted octanol–water partition coefficient (Wildman–Crippen LogP) is 1.98. The average molecular weight is 285 g/mol. The number of aromatic nitrogens is 3. The van der Waals surface area contributed by atoms with E-state index in [1.807, 2.05) is 6.20 Å². The summed E-state index contributed by atoms with van der Waals surface area (Å²) in [6.45, 7) is 1.12. The third kappa shape index (κ3) is 0.948. The van der Waals surface area contributed by atoms with Crippen molar-refractivity contribution in [1.82, 2.24) is 14.5 Å². The van der Waals surface area contributed by atoms with Gasteiger partial charge in [-0.2, -0.15) is 0 Å². The van der Waals surface area contributed by atoms with Crippen molar-refractivity contribution in [2.24, 2.45) is 0 Å². The molecule has 2 aromatic rings. The second kappa shape index (κ2) is 2.67. The van der Waals surface area contributed by atoms with Crippen molar-refractivity contribution in [3.8, 4) is 0 Å². The molecule has 0 fully saturated rings. The second-order valence-electron chi connectivity index (χ2n) is 3.28. The van der Waals surface area contributed by atoms with Gasteiger partial charge in [0.25, 0.3) is 0 Å². The van der Waals surface area contributed by atoms with Crippen molar-refractivity contribution in [2.75, 3.05) is 0 Å². The standard InChI is InChI=1S/C9H8IN3/c10-8-6-4-11-5-12-9(6)13-3-1-2-7(8)13/h4-5H,1-3H2. The first-order valence-corrected chi connectivity index (χ1v) is 5.42. The molecular formula is C9H8IN3. The predicted molar refractivity (Wildman–Crippen MR) is 58.6 cm³/mol. The molecule has 3 nitrogen and oxygen atoms in total. The highest BCUT2D eigenvalue weighted by atomic mass is 127.